The fourth-order valence-corrected chi connectivity index (χ4v) is 9.49. The SMILES string of the molecule is c1ccc(-c2cc(-c3nc(-n4c5ccccc5c5cc6c7ccccc7n(-c7ccccc7)c6cc54)nc4ccccc34)c3c(c2)oc2c4ccccc4ccc23)cc1. The molecular weight excluding hydrogens is 721 g/mol. The summed E-state index contributed by atoms with van der Waals surface area (Å²) in [7, 11) is 0. The number of aromatic nitrogens is 4. The molecule has 0 aliphatic rings. The van der Waals surface area contributed by atoms with Crippen LogP contribution in [-0.2, 0) is 0 Å². The Balaban J connectivity index is 1.16. The van der Waals surface area contributed by atoms with E-state index in [1.54, 1.807) is 0 Å². The largest absolute Gasteiger partial charge is 0.455 e. The molecule has 0 fully saturated rings. The number of hydrogen-bond acceptors (Lipinski definition) is 3. The van der Waals surface area contributed by atoms with Crippen molar-refractivity contribution in [1.82, 2.24) is 19.1 Å². The van der Waals surface area contributed by atoms with Gasteiger partial charge in [-0.2, -0.15) is 0 Å². The van der Waals surface area contributed by atoms with Crippen molar-refractivity contribution in [1.29, 1.82) is 0 Å². The van der Waals surface area contributed by atoms with Crippen molar-refractivity contribution in [3.63, 3.8) is 0 Å². The highest BCUT2D eigenvalue weighted by Gasteiger charge is 2.23. The molecular formula is C54H32N4O. The first-order valence-electron chi connectivity index (χ1n) is 20.0. The maximum absolute atomic E-state index is 6.88. The lowest BCUT2D eigenvalue weighted by molar-refractivity contribution is 0.673. The number of benzene rings is 9. The van der Waals surface area contributed by atoms with Gasteiger partial charge in [-0.25, -0.2) is 9.97 Å². The van der Waals surface area contributed by atoms with Gasteiger partial charge in [0.15, 0.2) is 0 Å². The monoisotopic (exact) mass is 752 g/mol. The summed E-state index contributed by atoms with van der Waals surface area (Å²) < 4.78 is 11.5. The van der Waals surface area contributed by atoms with E-state index in [9.17, 15) is 0 Å². The fourth-order valence-electron chi connectivity index (χ4n) is 9.49. The van der Waals surface area contributed by atoms with Gasteiger partial charge in [0.05, 0.1) is 33.3 Å². The molecule has 274 valence electrons. The predicted octanol–water partition coefficient (Wildman–Crippen LogP) is 14.2. The van der Waals surface area contributed by atoms with Crippen molar-refractivity contribution >= 4 is 87.2 Å². The number of nitrogens with zero attached hydrogens (tertiary/aromatic N) is 4. The Kier molecular flexibility index (Phi) is 6.66. The minimum atomic E-state index is 0.614. The van der Waals surface area contributed by atoms with E-state index >= 15 is 0 Å². The number of para-hydroxylation sites is 4. The lowest BCUT2D eigenvalue weighted by atomic mass is 9.95. The first-order valence-corrected chi connectivity index (χ1v) is 20.0. The van der Waals surface area contributed by atoms with Gasteiger partial charge in [0.25, 0.3) is 0 Å². The third kappa shape index (κ3) is 4.67. The molecule has 0 amide bonds. The molecule has 5 nitrogen and oxygen atoms in total. The Morgan fingerprint density at radius 1 is 0.390 bits per heavy atom. The minimum Gasteiger partial charge on any atom is -0.455 e. The first-order chi connectivity index (χ1) is 29.3. The molecule has 0 unspecified atom stereocenters. The second-order valence-corrected chi connectivity index (χ2v) is 15.3. The molecule has 13 aromatic rings. The van der Waals surface area contributed by atoms with Gasteiger partial charge in [0.2, 0.25) is 5.95 Å². The third-order valence-corrected chi connectivity index (χ3v) is 12.1. The molecule has 0 atom stereocenters. The summed E-state index contributed by atoms with van der Waals surface area (Å²) in [6.45, 7) is 0. The Morgan fingerprint density at radius 2 is 1.02 bits per heavy atom. The molecule has 5 heteroatoms. The molecule has 0 spiro atoms. The smallest absolute Gasteiger partial charge is 0.235 e. The predicted molar refractivity (Wildman–Crippen MR) is 244 cm³/mol. The van der Waals surface area contributed by atoms with E-state index in [1.165, 1.54) is 16.3 Å². The average Bonchev–Trinajstić information content (AvgIpc) is 3.96. The molecule has 4 heterocycles. The summed E-state index contributed by atoms with van der Waals surface area (Å²) in [5, 5.41) is 10.0. The van der Waals surface area contributed by atoms with Crippen molar-refractivity contribution in [2.75, 3.05) is 0 Å². The Morgan fingerprint density at radius 3 is 1.80 bits per heavy atom. The molecule has 0 radical (unpaired) electrons. The summed E-state index contributed by atoms with van der Waals surface area (Å²) in [6.07, 6.45) is 0. The second kappa shape index (κ2) is 12.2. The lowest BCUT2D eigenvalue weighted by Crippen LogP contribution is -2.04. The Labute approximate surface area is 337 Å². The number of hydrogen-bond donors (Lipinski definition) is 0. The average molecular weight is 753 g/mol. The van der Waals surface area contributed by atoms with Gasteiger partial charge in [-0.05, 0) is 77.2 Å². The van der Waals surface area contributed by atoms with Crippen molar-refractivity contribution in [2.24, 2.45) is 0 Å². The van der Waals surface area contributed by atoms with E-state index in [0.717, 1.165) is 99.0 Å². The van der Waals surface area contributed by atoms with Gasteiger partial charge in [0.1, 0.15) is 11.2 Å². The zero-order valence-corrected chi connectivity index (χ0v) is 31.7. The van der Waals surface area contributed by atoms with Crippen LogP contribution in [-0.4, -0.2) is 19.1 Å². The molecule has 4 aromatic heterocycles. The van der Waals surface area contributed by atoms with Crippen LogP contribution >= 0.6 is 0 Å². The van der Waals surface area contributed by atoms with E-state index in [0.29, 0.717) is 5.95 Å². The third-order valence-electron chi connectivity index (χ3n) is 12.1. The standard InChI is InChI=1S/C54H32N4O/c1-3-15-33(16-4-1)35-29-44(51-41-28-27-34-17-7-8-20-37(34)53(41)59-50(51)30-35)52-40-23-9-12-24-45(40)55-54(56-52)58-47-26-14-11-22-39(47)43-31-42-38-21-10-13-25-46(38)57(48(42)32-49(43)58)36-18-5-2-6-19-36/h1-32H. The van der Waals surface area contributed by atoms with Crippen molar-refractivity contribution in [3.05, 3.63) is 194 Å². The van der Waals surface area contributed by atoms with Gasteiger partial charge in [-0.1, -0.05) is 133 Å². The second-order valence-electron chi connectivity index (χ2n) is 15.3. The number of fused-ring (bicyclic) bond motifs is 12. The van der Waals surface area contributed by atoms with Crippen LogP contribution in [0.4, 0.5) is 0 Å². The molecule has 59 heavy (non-hydrogen) atoms. The van der Waals surface area contributed by atoms with Gasteiger partial charge in [-0.3, -0.25) is 4.57 Å². The zero-order valence-electron chi connectivity index (χ0n) is 31.7. The first kappa shape index (κ1) is 32.1. The molecule has 0 N–H and O–H groups in total. The normalized spacial score (nSPS) is 12.1. The van der Waals surface area contributed by atoms with Crippen LogP contribution < -0.4 is 0 Å². The summed E-state index contributed by atoms with van der Waals surface area (Å²) >= 11 is 0. The van der Waals surface area contributed by atoms with E-state index < -0.39 is 0 Å². The van der Waals surface area contributed by atoms with Crippen molar-refractivity contribution < 1.29 is 4.42 Å². The summed E-state index contributed by atoms with van der Waals surface area (Å²) in [5.74, 6) is 0.614. The molecule has 0 bridgehead atoms. The molecule has 0 saturated carbocycles. The molecule has 0 aliphatic heterocycles. The highest BCUT2D eigenvalue weighted by Crippen LogP contribution is 2.44. The van der Waals surface area contributed by atoms with Crippen molar-refractivity contribution in [3.8, 4) is 34.0 Å². The number of rotatable bonds is 4. The maximum atomic E-state index is 6.88. The molecule has 13 rings (SSSR count). The lowest BCUT2D eigenvalue weighted by Gasteiger charge is -2.14. The van der Waals surface area contributed by atoms with E-state index in [-0.39, 0.29) is 0 Å². The van der Waals surface area contributed by atoms with E-state index in [1.807, 2.05) is 0 Å². The fraction of sp³-hybridized carbons (Fsp3) is 0. The Bertz CT molecular complexity index is 3840. The van der Waals surface area contributed by atoms with Crippen LogP contribution in [0.15, 0.2) is 199 Å². The van der Waals surface area contributed by atoms with Gasteiger partial charge in [-0.15, -0.1) is 0 Å². The highest BCUT2D eigenvalue weighted by atomic mass is 16.3. The highest BCUT2D eigenvalue weighted by molar-refractivity contribution is 6.22. The van der Waals surface area contributed by atoms with Crippen LogP contribution in [0.5, 0.6) is 0 Å². The van der Waals surface area contributed by atoms with Gasteiger partial charge in [0, 0.05) is 54.3 Å². The van der Waals surface area contributed by atoms with Gasteiger partial charge >= 0.3 is 0 Å². The van der Waals surface area contributed by atoms with Crippen molar-refractivity contribution in [2.45, 2.75) is 0 Å². The molecule has 9 aromatic carbocycles. The molecule has 0 saturated heterocycles. The molecule has 0 aliphatic carbocycles. The van der Waals surface area contributed by atoms with Crippen LogP contribution in [0.3, 0.4) is 0 Å². The summed E-state index contributed by atoms with van der Waals surface area (Å²) in [5.41, 5.74) is 12.1. The zero-order chi connectivity index (χ0) is 38.6. The topological polar surface area (TPSA) is 48.8 Å². The van der Waals surface area contributed by atoms with E-state index in [4.69, 9.17) is 14.4 Å². The van der Waals surface area contributed by atoms with Crippen LogP contribution in [0, 0.1) is 0 Å². The van der Waals surface area contributed by atoms with Gasteiger partial charge < -0.3 is 8.98 Å². The maximum Gasteiger partial charge on any atom is 0.235 e. The minimum absolute atomic E-state index is 0.614. The summed E-state index contributed by atoms with van der Waals surface area (Å²) in [6, 6.07) is 68.8. The van der Waals surface area contributed by atoms with Crippen LogP contribution in [0.2, 0.25) is 0 Å². The quantitative estimate of drug-likeness (QED) is 0.180. The number of furan rings is 1. The van der Waals surface area contributed by atoms with Crippen LogP contribution in [0.1, 0.15) is 0 Å². The Hall–Kier alpha value is -8.02. The summed E-state index contributed by atoms with van der Waals surface area (Å²) in [4.78, 5) is 11.0. The van der Waals surface area contributed by atoms with E-state index in [2.05, 4.69) is 203 Å². The van der Waals surface area contributed by atoms with Crippen LogP contribution in [0.25, 0.3) is 121 Å².